The zero-order chi connectivity index (χ0) is 101. The number of rotatable bonds is 6. The molecule has 34 heteroatoms. The van der Waals surface area contributed by atoms with E-state index in [0.717, 1.165) is 183 Å². The molecule has 11 aliphatic rings. The van der Waals surface area contributed by atoms with Crippen molar-refractivity contribution in [2.75, 3.05) is 160 Å². The summed E-state index contributed by atoms with van der Waals surface area (Å²) in [6, 6.07) is 37.6. The van der Waals surface area contributed by atoms with Gasteiger partial charge in [-0.2, -0.15) is 15.8 Å². The van der Waals surface area contributed by atoms with Crippen LogP contribution in [0.2, 0.25) is 0 Å². The fourth-order valence-electron chi connectivity index (χ4n) is 15.1. The molecule has 11 heterocycles. The smallest absolute Gasteiger partial charge is 0.870 e. The average molecular weight is 1960 g/mol. The molecule has 770 valence electrons. The summed E-state index contributed by atoms with van der Waals surface area (Å²) in [5.74, 6) is -0.213. The number of allylic oxidation sites excluding steroid dienone is 2. The van der Waals surface area contributed by atoms with Gasteiger partial charge in [0.25, 0.3) is 0 Å². The molecule has 14 rings (SSSR count). The van der Waals surface area contributed by atoms with E-state index in [-0.39, 0.29) is 98.5 Å². The number of piperidine rings is 7. The molecule has 0 bridgehead atoms. The third kappa shape index (κ3) is 55.3. The van der Waals surface area contributed by atoms with Crippen molar-refractivity contribution in [2.24, 2.45) is 0 Å². The van der Waals surface area contributed by atoms with E-state index in [1.54, 1.807) is 56.2 Å². The number of hydrogen-bond donors (Lipinski definition) is 4. The molecule has 0 aromatic heterocycles. The zero-order valence-electron chi connectivity index (χ0n) is 87.8. The largest absolute Gasteiger partial charge is 1.00 e. The number of carbonyl (C=O) groups is 7. The fourth-order valence-corrected chi connectivity index (χ4v) is 15.1. The van der Waals surface area contributed by atoms with Crippen molar-refractivity contribution in [2.45, 2.75) is 310 Å². The Morgan fingerprint density at radius 2 is 0.804 bits per heavy atom. The SMILES string of the molecule is C1CC2(CCN1)OCCO2.C1CCOC1.CC(C)(C)OC(=O)N1CCC(=O)CC1.CC(C)(C)OC(=O)N1CCC2(CC1)OCCO2.CC(C)(C)OC(=O)OC(=O)OC(C)(C)C.CC1CC(=C(C#N)c2ccccc2)CCN1.CC1CC(=C(C#N)c2ccccc2)CCN1C(=O)OC(C)(C)C.CC1CC(=O)CCN1.CC1CC2(CCN1)OCCO2.CN(C)CCN(C)C.N#CCc1ccccc1.[K+].[OH-]. The van der Waals surface area contributed by atoms with Crippen molar-refractivity contribution in [1.29, 1.82) is 15.8 Å². The van der Waals surface area contributed by atoms with Crippen LogP contribution in [0.15, 0.2) is 102 Å². The maximum absolute atomic E-state index is 12.3. The summed E-state index contributed by atoms with van der Waals surface area (Å²) >= 11 is 0. The van der Waals surface area contributed by atoms with Gasteiger partial charge in [0.1, 0.15) is 39.6 Å². The van der Waals surface area contributed by atoms with Gasteiger partial charge in [0.05, 0.1) is 75.4 Å². The van der Waals surface area contributed by atoms with E-state index < -0.39 is 46.1 Å². The first-order valence-corrected chi connectivity index (χ1v) is 48.5. The van der Waals surface area contributed by atoms with Gasteiger partial charge < -0.3 is 113 Å². The van der Waals surface area contributed by atoms with Crippen LogP contribution in [-0.4, -0.2) is 301 Å². The van der Waals surface area contributed by atoms with E-state index in [2.05, 4.69) is 96.0 Å². The molecule has 4 unspecified atom stereocenters. The number of nitrogens with zero attached hydrogens (tertiary/aromatic N) is 8. The molecular formula is C104H167KN12O21. The predicted octanol–water partition coefficient (Wildman–Crippen LogP) is 13.8. The third-order valence-electron chi connectivity index (χ3n) is 21.8. The van der Waals surface area contributed by atoms with Crippen LogP contribution < -0.4 is 72.7 Å². The minimum Gasteiger partial charge on any atom is -0.870 e. The van der Waals surface area contributed by atoms with Crippen molar-refractivity contribution in [3.63, 3.8) is 0 Å². The standard InChI is InChI=1S/C19H24N2O2.C14H16N2.C12H21NO4.C10H17NO3.C10H18O5.C8H15NO2.C8H7N.C7H13NO2.C6H16N2.C6H11NO.C4H8O.K.H2O/c1-14-12-16(17(13-20)15-8-6-5-7-9-15)10-11-21(14)18(22)23-19(2,3)4;1-11-9-13(7-8-16-11)14(10-15)12-5-3-2-4-6-12;1-11(2,3)17-10(14)13-6-4-12(5-7-13)15-8-9-16-12;1-10(2,3)14-9(13)11-6-4-8(12)5-7-11;1-9(2,3)14-7(11)13-8(12)15-10(4,5)6;1-7-6-8(2-3-9-7)10-4-5-11-8;9-7-6-8-4-2-1-3-5-8;1-3-8-4-2-7(1)9-5-6-10-7;1-7(2)5-6-8(3)4;1-5-4-6(8)2-3-7-5;1-2-4-5-3-1;;/h5-9,14H,10-12H2,1-4H3;2-6,11,16H,7-9H2,1H3;4-9H2,1-3H3;4-7H2,1-3H3;1-6H3;7,9H,2-6H2,1H3;1-5H,6H2;8H,1-6H2;5-6H2,1-4H3;5,7H,2-4H2,1H3;1-4H2;;1H2/q;;;;;;;;;;;+1;/p-1. The number of likely N-dealkylation sites (tertiary alicyclic amines) is 3. The minimum absolute atomic E-state index is 0. The van der Waals surface area contributed by atoms with Crippen LogP contribution in [0, 0.1) is 34.0 Å². The number of amides is 3. The summed E-state index contributed by atoms with van der Waals surface area (Å²) in [4.78, 5) is 88.6. The number of nitrogens with one attached hydrogen (secondary N) is 4. The molecule has 138 heavy (non-hydrogen) atoms. The van der Waals surface area contributed by atoms with Crippen molar-refractivity contribution in [3.05, 3.63) is 119 Å². The quantitative estimate of drug-likeness (QED) is 0.0585. The Labute approximate surface area is 867 Å². The Hall–Kier alpha value is -7.42. The molecule has 4 atom stereocenters. The molecule has 3 spiro atoms. The van der Waals surface area contributed by atoms with Gasteiger partial charge in [0.2, 0.25) is 0 Å². The predicted molar refractivity (Wildman–Crippen MR) is 528 cm³/mol. The monoisotopic (exact) mass is 1960 g/mol. The van der Waals surface area contributed by atoms with Gasteiger partial charge in [-0.25, -0.2) is 24.0 Å². The maximum atomic E-state index is 12.3. The molecule has 11 fully saturated rings. The van der Waals surface area contributed by atoms with Crippen molar-refractivity contribution >= 4 is 53.3 Å². The van der Waals surface area contributed by atoms with Crippen LogP contribution in [-0.2, 0) is 77.6 Å². The molecule has 11 saturated heterocycles. The summed E-state index contributed by atoms with van der Waals surface area (Å²) in [6.45, 7) is 51.6. The number of nitriles is 3. The van der Waals surface area contributed by atoms with Gasteiger partial charge >= 0.3 is 82.0 Å². The summed E-state index contributed by atoms with van der Waals surface area (Å²) in [5.41, 5.74) is 4.32. The first-order chi connectivity index (χ1) is 64.0. The van der Waals surface area contributed by atoms with Gasteiger partial charge in [-0.3, -0.25) is 9.59 Å². The van der Waals surface area contributed by atoms with Gasteiger partial charge in [0, 0.05) is 174 Å². The van der Waals surface area contributed by atoms with Gasteiger partial charge in [-0.15, -0.1) is 0 Å². The van der Waals surface area contributed by atoms with Crippen molar-refractivity contribution < 1.29 is 152 Å². The molecule has 3 aromatic carbocycles. The molecule has 0 aliphatic carbocycles. The van der Waals surface area contributed by atoms with Crippen LogP contribution in [0.1, 0.15) is 251 Å². The summed E-state index contributed by atoms with van der Waals surface area (Å²) in [7, 11) is 8.35. The normalized spacial score (nSPS) is 21.3. The van der Waals surface area contributed by atoms with Crippen molar-refractivity contribution in [3.8, 4) is 18.2 Å². The number of ether oxygens (including phenoxy) is 13. The van der Waals surface area contributed by atoms with Gasteiger partial charge in [-0.05, 0) is 233 Å². The van der Waals surface area contributed by atoms with Crippen LogP contribution in [0.3, 0.4) is 0 Å². The Balaban J connectivity index is 0.000000522. The Morgan fingerprint density at radius 1 is 0.428 bits per heavy atom. The molecule has 11 aliphatic heterocycles. The van der Waals surface area contributed by atoms with E-state index in [1.165, 1.54) is 18.4 Å². The van der Waals surface area contributed by atoms with E-state index in [4.69, 9.17) is 62.1 Å². The first kappa shape index (κ1) is 127. The van der Waals surface area contributed by atoms with Gasteiger partial charge in [0.15, 0.2) is 17.4 Å². The van der Waals surface area contributed by atoms with E-state index in [1.807, 2.05) is 167 Å². The Morgan fingerprint density at radius 3 is 1.17 bits per heavy atom. The molecule has 0 saturated carbocycles. The molecule has 3 aromatic rings. The van der Waals surface area contributed by atoms with Gasteiger partial charge in [-0.1, -0.05) is 91.0 Å². The van der Waals surface area contributed by atoms with Crippen LogP contribution in [0.4, 0.5) is 24.0 Å². The number of ketones is 2. The number of Topliss-reactive ketones (excluding diaryl/α,β-unsaturated/α-hetero) is 2. The molecular weight excluding hydrogens is 1790 g/mol. The second kappa shape index (κ2) is 65.0. The third-order valence-corrected chi connectivity index (χ3v) is 21.8. The maximum Gasteiger partial charge on any atom is 1.00 e. The molecule has 0 radical (unpaired) electrons. The first-order valence-electron chi connectivity index (χ1n) is 48.5. The second-order valence-corrected chi connectivity index (χ2v) is 40.7. The average Bonchev–Trinajstić information content (AvgIpc) is 1.73. The van der Waals surface area contributed by atoms with E-state index in [0.29, 0.717) is 102 Å². The molecule has 5 N–H and O–H groups in total. The summed E-state index contributed by atoms with van der Waals surface area (Å²) in [5, 5.41) is 40.3. The fraction of sp³-hybridized carbons (Fsp3) is 0.692. The molecule has 33 nitrogen and oxygen atoms in total. The Bertz CT molecular complexity index is 4150. The number of benzene rings is 3. The zero-order valence-corrected chi connectivity index (χ0v) is 90.9. The van der Waals surface area contributed by atoms with Crippen molar-refractivity contribution in [1.82, 2.24) is 45.8 Å². The number of hydrogen-bond acceptors (Lipinski definition) is 30. The van der Waals surface area contributed by atoms with Crippen LogP contribution in [0.25, 0.3) is 11.1 Å². The summed E-state index contributed by atoms with van der Waals surface area (Å²) in [6.07, 6.45) is 11.3. The van der Waals surface area contributed by atoms with Crippen LogP contribution in [0.5, 0.6) is 0 Å². The summed E-state index contributed by atoms with van der Waals surface area (Å²) < 4.78 is 68.2. The Kier molecular flexibility index (Phi) is 59.6. The minimum atomic E-state index is -1.06. The number of carbonyl (C=O) groups excluding carboxylic acids is 7. The van der Waals surface area contributed by atoms with E-state index in [9.17, 15) is 44.1 Å². The second-order valence-electron chi connectivity index (χ2n) is 40.7. The van der Waals surface area contributed by atoms with Crippen LogP contribution >= 0.6 is 0 Å². The topological polar surface area (TPSA) is 405 Å². The van der Waals surface area contributed by atoms with E-state index >= 15 is 0 Å². The molecule has 3 amide bonds. The number of likely N-dealkylation sites (N-methyl/N-ethyl adjacent to an activating group) is 2.